The standard InChI is InChI=1S/C14H26N2O2/c1-11-6-3-4-9-16(11)12-7-5-8-14(15,10-12)13(17)18-2/h11-12H,3-10,15H2,1-2H3. The average Bonchev–Trinajstić information content (AvgIpc) is 2.38. The number of carbonyl (C=O) groups excluding carboxylic acids is 1. The second-order valence-corrected chi connectivity index (χ2v) is 5.98. The molecule has 3 atom stereocenters. The average molecular weight is 254 g/mol. The van der Waals surface area contributed by atoms with Crippen molar-refractivity contribution in [2.24, 2.45) is 5.73 Å². The van der Waals surface area contributed by atoms with E-state index in [-0.39, 0.29) is 5.97 Å². The van der Waals surface area contributed by atoms with Crippen molar-refractivity contribution in [2.75, 3.05) is 13.7 Å². The van der Waals surface area contributed by atoms with Gasteiger partial charge in [0.2, 0.25) is 0 Å². The maximum absolute atomic E-state index is 11.8. The van der Waals surface area contributed by atoms with Gasteiger partial charge in [0, 0.05) is 12.1 Å². The maximum atomic E-state index is 11.8. The number of ether oxygens (including phenoxy) is 1. The van der Waals surface area contributed by atoms with E-state index in [9.17, 15) is 4.79 Å². The molecule has 0 aromatic heterocycles. The van der Waals surface area contributed by atoms with Crippen molar-refractivity contribution in [1.82, 2.24) is 4.90 Å². The largest absolute Gasteiger partial charge is 0.468 e. The van der Waals surface area contributed by atoms with Crippen molar-refractivity contribution in [3.8, 4) is 0 Å². The van der Waals surface area contributed by atoms with Gasteiger partial charge in [-0.25, -0.2) is 0 Å². The van der Waals surface area contributed by atoms with Gasteiger partial charge in [-0.1, -0.05) is 6.42 Å². The minimum Gasteiger partial charge on any atom is -0.468 e. The van der Waals surface area contributed by atoms with Gasteiger partial charge in [0.25, 0.3) is 0 Å². The first kappa shape index (κ1) is 13.8. The van der Waals surface area contributed by atoms with Gasteiger partial charge in [-0.2, -0.15) is 0 Å². The van der Waals surface area contributed by atoms with Gasteiger partial charge < -0.3 is 10.5 Å². The molecule has 0 bridgehead atoms. The Kier molecular flexibility index (Phi) is 4.28. The van der Waals surface area contributed by atoms with Gasteiger partial charge in [-0.05, 0) is 52.0 Å². The summed E-state index contributed by atoms with van der Waals surface area (Å²) in [5.41, 5.74) is 5.50. The molecule has 4 nitrogen and oxygen atoms in total. The number of carbonyl (C=O) groups is 1. The number of likely N-dealkylation sites (tertiary alicyclic amines) is 1. The Balaban J connectivity index is 2.03. The molecule has 2 N–H and O–H groups in total. The summed E-state index contributed by atoms with van der Waals surface area (Å²) in [7, 11) is 1.43. The number of hydrogen-bond donors (Lipinski definition) is 1. The highest BCUT2D eigenvalue weighted by atomic mass is 16.5. The minimum absolute atomic E-state index is 0.239. The number of rotatable bonds is 2. The van der Waals surface area contributed by atoms with Gasteiger partial charge in [0.15, 0.2) is 0 Å². The Bertz CT molecular complexity index is 308. The molecule has 3 unspecified atom stereocenters. The van der Waals surface area contributed by atoms with E-state index in [1.165, 1.54) is 32.8 Å². The van der Waals surface area contributed by atoms with Crippen LogP contribution in [-0.4, -0.2) is 42.1 Å². The van der Waals surface area contributed by atoms with E-state index in [1.54, 1.807) is 0 Å². The zero-order valence-corrected chi connectivity index (χ0v) is 11.7. The topological polar surface area (TPSA) is 55.6 Å². The van der Waals surface area contributed by atoms with Crippen LogP contribution in [0.5, 0.6) is 0 Å². The van der Waals surface area contributed by atoms with E-state index in [2.05, 4.69) is 11.8 Å². The van der Waals surface area contributed by atoms with E-state index in [0.29, 0.717) is 12.1 Å². The quantitative estimate of drug-likeness (QED) is 0.762. The Morgan fingerprint density at radius 2 is 2.11 bits per heavy atom. The molecule has 0 aromatic carbocycles. The lowest BCUT2D eigenvalue weighted by atomic mass is 9.78. The Labute approximate surface area is 110 Å². The molecule has 2 rings (SSSR count). The number of nitrogens with zero attached hydrogens (tertiary/aromatic N) is 1. The summed E-state index contributed by atoms with van der Waals surface area (Å²) >= 11 is 0. The second kappa shape index (κ2) is 5.57. The summed E-state index contributed by atoms with van der Waals surface area (Å²) in [6.07, 6.45) is 7.58. The third-order valence-corrected chi connectivity index (χ3v) is 4.68. The van der Waals surface area contributed by atoms with E-state index < -0.39 is 5.54 Å². The zero-order chi connectivity index (χ0) is 13.2. The molecule has 1 heterocycles. The maximum Gasteiger partial charge on any atom is 0.325 e. The van der Waals surface area contributed by atoms with Crippen LogP contribution in [0, 0.1) is 0 Å². The summed E-state index contributed by atoms with van der Waals surface area (Å²) < 4.78 is 4.87. The van der Waals surface area contributed by atoms with Crippen LogP contribution in [0.3, 0.4) is 0 Å². The van der Waals surface area contributed by atoms with Crippen molar-refractivity contribution >= 4 is 5.97 Å². The molecular formula is C14H26N2O2. The number of nitrogens with two attached hydrogens (primary N) is 1. The number of esters is 1. The summed E-state index contributed by atoms with van der Waals surface area (Å²) in [6.45, 7) is 3.45. The lowest BCUT2D eigenvalue weighted by Gasteiger charge is -2.45. The normalized spacial score (nSPS) is 38.4. The van der Waals surface area contributed by atoms with Gasteiger partial charge >= 0.3 is 5.97 Å². The first-order valence-electron chi connectivity index (χ1n) is 7.20. The van der Waals surface area contributed by atoms with Gasteiger partial charge in [-0.15, -0.1) is 0 Å². The summed E-state index contributed by atoms with van der Waals surface area (Å²) in [5, 5.41) is 0. The summed E-state index contributed by atoms with van der Waals surface area (Å²) in [4.78, 5) is 14.4. The van der Waals surface area contributed by atoms with Gasteiger partial charge in [-0.3, -0.25) is 9.69 Å². The SMILES string of the molecule is COC(=O)C1(N)CCCC(N2CCCCC2C)C1. The molecule has 2 aliphatic rings. The fourth-order valence-corrected chi connectivity index (χ4v) is 3.61. The smallest absolute Gasteiger partial charge is 0.325 e. The van der Waals surface area contributed by atoms with Crippen LogP contribution in [0.25, 0.3) is 0 Å². The highest BCUT2D eigenvalue weighted by Crippen LogP contribution is 2.33. The predicted octanol–water partition coefficient (Wildman–Crippen LogP) is 1.67. The monoisotopic (exact) mass is 254 g/mol. The first-order chi connectivity index (χ1) is 8.57. The van der Waals surface area contributed by atoms with Crippen LogP contribution >= 0.6 is 0 Å². The molecule has 4 heteroatoms. The van der Waals surface area contributed by atoms with Crippen LogP contribution in [0.4, 0.5) is 0 Å². The second-order valence-electron chi connectivity index (χ2n) is 5.98. The van der Waals surface area contributed by atoms with Crippen LogP contribution in [0.15, 0.2) is 0 Å². The molecule has 2 fully saturated rings. The number of methoxy groups -OCH3 is 1. The first-order valence-corrected chi connectivity index (χ1v) is 7.20. The van der Waals surface area contributed by atoms with Crippen molar-refractivity contribution in [2.45, 2.75) is 69.5 Å². The highest BCUT2D eigenvalue weighted by Gasteiger charge is 2.42. The molecule has 18 heavy (non-hydrogen) atoms. The minimum atomic E-state index is -0.755. The molecule has 1 saturated carbocycles. The zero-order valence-electron chi connectivity index (χ0n) is 11.7. The van der Waals surface area contributed by atoms with E-state index in [1.807, 2.05) is 0 Å². The van der Waals surface area contributed by atoms with Crippen LogP contribution < -0.4 is 5.73 Å². The van der Waals surface area contributed by atoms with E-state index >= 15 is 0 Å². The lowest BCUT2D eigenvalue weighted by molar-refractivity contribution is -0.149. The van der Waals surface area contributed by atoms with Gasteiger partial charge in [0.1, 0.15) is 5.54 Å². The Morgan fingerprint density at radius 3 is 2.78 bits per heavy atom. The summed E-state index contributed by atoms with van der Waals surface area (Å²) in [5.74, 6) is -0.239. The molecule has 1 aliphatic heterocycles. The van der Waals surface area contributed by atoms with Crippen molar-refractivity contribution < 1.29 is 9.53 Å². The number of piperidine rings is 1. The van der Waals surface area contributed by atoms with Crippen molar-refractivity contribution in [3.63, 3.8) is 0 Å². The fourth-order valence-electron chi connectivity index (χ4n) is 3.61. The lowest BCUT2D eigenvalue weighted by Crippen LogP contribution is -2.57. The highest BCUT2D eigenvalue weighted by molar-refractivity contribution is 5.80. The fraction of sp³-hybridized carbons (Fsp3) is 0.929. The number of hydrogen-bond acceptors (Lipinski definition) is 4. The Hall–Kier alpha value is -0.610. The predicted molar refractivity (Wildman–Crippen MR) is 71.2 cm³/mol. The van der Waals surface area contributed by atoms with Crippen LogP contribution in [0.2, 0.25) is 0 Å². The molecule has 0 spiro atoms. The van der Waals surface area contributed by atoms with Crippen molar-refractivity contribution in [3.05, 3.63) is 0 Å². The molecule has 1 saturated heterocycles. The summed E-state index contributed by atoms with van der Waals surface area (Å²) in [6, 6.07) is 1.09. The molecule has 1 aliphatic carbocycles. The molecular weight excluding hydrogens is 228 g/mol. The van der Waals surface area contributed by atoms with Gasteiger partial charge in [0.05, 0.1) is 7.11 Å². The molecule has 0 radical (unpaired) electrons. The van der Waals surface area contributed by atoms with E-state index in [4.69, 9.17) is 10.5 Å². The Morgan fingerprint density at radius 1 is 1.33 bits per heavy atom. The van der Waals surface area contributed by atoms with E-state index in [0.717, 1.165) is 25.8 Å². The third kappa shape index (κ3) is 2.69. The van der Waals surface area contributed by atoms with Crippen LogP contribution in [0.1, 0.15) is 51.9 Å². The van der Waals surface area contributed by atoms with Crippen LogP contribution in [-0.2, 0) is 9.53 Å². The molecule has 104 valence electrons. The molecule has 0 amide bonds. The van der Waals surface area contributed by atoms with Crippen molar-refractivity contribution in [1.29, 1.82) is 0 Å². The third-order valence-electron chi connectivity index (χ3n) is 4.68. The molecule has 0 aromatic rings.